The molecule has 3 aromatic carbocycles. The summed E-state index contributed by atoms with van der Waals surface area (Å²) in [4.78, 5) is 38.1. The van der Waals surface area contributed by atoms with Crippen molar-refractivity contribution in [3.8, 4) is 0 Å². The molecule has 0 atom stereocenters. The first-order valence-electron chi connectivity index (χ1n) is 9.99. The van der Waals surface area contributed by atoms with Crippen LogP contribution in [0.3, 0.4) is 0 Å². The van der Waals surface area contributed by atoms with Crippen LogP contribution in [0.15, 0.2) is 87.5 Å². The summed E-state index contributed by atoms with van der Waals surface area (Å²) < 4.78 is 0.168. The maximum atomic E-state index is 12.8. The van der Waals surface area contributed by atoms with Crippen LogP contribution in [0.25, 0.3) is 6.08 Å². The van der Waals surface area contributed by atoms with Gasteiger partial charge in [-0.3, -0.25) is 25.1 Å². The molecule has 2 amide bonds. The molecule has 10 heteroatoms. The van der Waals surface area contributed by atoms with Gasteiger partial charge < -0.3 is 0 Å². The van der Waals surface area contributed by atoms with Crippen LogP contribution in [0, 0.1) is 17.0 Å². The zero-order chi connectivity index (χ0) is 24.2. The Morgan fingerprint density at radius 3 is 2.50 bits per heavy atom. The van der Waals surface area contributed by atoms with Crippen LogP contribution < -0.4 is 5.43 Å². The number of thiocarbonyl (C=S) groups is 1. The Balaban J connectivity index is 1.55. The van der Waals surface area contributed by atoms with E-state index in [0.717, 1.165) is 27.2 Å². The summed E-state index contributed by atoms with van der Waals surface area (Å²) in [6.45, 7) is 1.97. The van der Waals surface area contributed by atoms with Gasteiger partial charge in [-0.2, -0.15) is 5.01 Å². The van der Waals surface area contributed by atoms with Crippen molar-refractivity contribution in [3.63, 3.8) is 0 Å². The Bertz CT molecular complexity index is 1330. The fourth-order valence-electron chi connectivity index (χ4n) is 3.06. The summed E-state index contributed by atoms with van der Waals surface area (Å²) in [5.41, 5.74) is 4.42. The molecule has 7 nitrogen and oxygen atoms in total. The zero-order valence-corrected chi connectivity index (χ0v) is 20.2. The number of thioether (sulfide) groups is 1. The standard InChI is InChI=1S/C24H17N3O4S3/c1-15-7-10-18(11-8-15)33-20-12-9-16(13-19(20)27(30)31)14-21-23(29)26(24(32)34-21)25-22(28)17-5-3-2-4-6-17/h2-14H,1H3,(H,25,28). The zero-order valence-electron chi connectivity index (χ0n) is 17.8. The Kier molecular flexibility index (Phi) is 7.11. The highest BCUT2D eigenvalue weighted by atomic mass is 32.2. The van der Waals surface area contributed by atoms with Crippen molar-refractivity contribution in [2.45, 2.75) is 16.7 Å². The second-order valence-corrected chi connectivity index (χ2v) is 10.0. The molecule has 0 spiro atoms. The van der Waals surface area contributed by atoms with Gasteiger partial charge in [0.15, 0.2) is 4.32 Å². The number of carbonyl (C=O) groups is 2. The third-order valence-electron chi connectivity index (χ3n) is 4.77. The minimum atomic E-state index is -0.500. The number of nitro groups is 1. The fourth-order valence-corrected chi connectivity index (χ4v) is 5.14. The van der Waals surface area contributed by atoms with Crippen LogP contribution in [-0.4, -0.2) is 26.1 Å². The van der Waals surface area contributed by atoms with Gasteiger partial charge in [-0.1, -0.05) is 65.5 Å². The molecule has 0 aliphatic carbocycles. The average molecular weight is 508 g/mol. The molecule has 34 heavy (non-hydrogen) atoms. The number of carbonyl (C=O) groups excluding carboxylic acids is 2. The lowest BCUT2D eigenvalue weighted by Gasteiger charge is -2.15. The van der Waals surface area contributed by atoms with Crippen LogP contribution in [-0.2, 0) is 4.79 Å². The van der Waals surface area contributed by atoms with Crippen molar-refractivity contribution >= 4 is 63.6 Å². The van der Waals surface area contributed by atoms with Crippen molar-refractivity contribution in [3.05, 3.63) is 105 Å². The third kappa shape index (κ3) is 5.36. The molecule has 1 saturated heterocycles. The average Bonchev–Trinajstić information content (AvgIpc) is 3.09. The molecule has 0 aromatic heterocycles. The second kappa shape index (κ2) is 10.2. The summed E-state index contributed by atoms with van der Waals surface area (Å²) in [6.07, 6.45) is 1.53. The quantitative estimate of drug-likeness (QED) is 0.201. The minimum Gasteiger partial charge on any atom is -0.267 e. The number of hydrogen-bond acceptors (Lipinski definition) is 7. The van der Waals surface area contributed by atoms with E-state index in [-0.39, 0.29) is 14.9 Å². The number of aryl methyl sites for hydroxylation is 1. The summed E-state index contributed by atoms with van der Waals surface area (Å²) in [7, 11) is 0. The van der Waals surface area contributed by atoms with Crippen molar-refractivity contribution in [1.82, 2.24) is 10.4 Å². The molecular formula is C24H17N3O4S3. The number of nitrogens with one attached hydrogen (secondary N) is 1. The fraction of sp³-hybridized carbons (Fsp3) is 0.0417. The van der Waals surface area contributed by atoms with Gasteiger partial charge in [0.1, 0.15) is 0 Å². The summed E-state index contributed by atoms with van der Waals surface area (Å²) in [5.74, 6) is -0.966. The first-order valence-corrected chi connectivity index (χ1v) is 12.0. The molecule has 1 aliphatic heterocycles. The number of hydrogen-bond donors (Lipinski definition) is 1. The molecular weight excluding hydrogens is 490 g/mol. The van der Waals surface area contributed by atoms with Gasteiger partial charge in [0.25, 0.3) is 17.5 Å². The highest BCUT2D eigenvalue weighted by Gasteiger charge is 2.34. The number of benzene rings is 3. The maximum absolute atomic E-state index is 12.8. The number of nitrogens with zero attached hydrogens (tertiary/aromatic N) is 2. The number of amides is 2. The van der Waals surface area contributed by atoms with E-state index >= 15 is 0 Å². The SMILES string of the molecule is Cc1ccc(Sc2ccc(C=C3SC(=S)N(NC(=O)c4ccccc4)C3=O)cc2[N+](=O)[O-])cc1. The van der Waals surface area contributed by atoms with Gasteiger partial charge >= 0.3 is 0 Å². The molecule has 0 saturated carbocycles. The Hall–Kier alpha value is -3.47. The van der Waals surface area contributed by atoms with Gasteiger partial charge in [-0.05, 0) is 61.1 Å². The summed E-state index contributed by atoms with van der Waals surface area (Å²) in [6, 6.07) is 21.0. The van der Waals surface area contributed by atoms with Gasteiger partial charge in [-0.15, -0.1) is 0 Å². The molecule has 0 unspecified atom stereocenters. The Morgan fingerprint density at radius 1 is 1.12 bits per heavy atom. The van der Waals surface area contributed by atoms with E-state index in [1.54, 1.807) is 42.5 Å². The van der Waals surface area contributed by atoms with Crippen molar-refractivity contribution < 1.29 is 14.5 Å². The molecule has 170 valence electrons. The number of rotatable bonds is 6. The molecule has 3 aromatic rings. The number of nitro benzene ring substituents is 1. The molecule has 0 bridgehead atoms. The van der Waals surface area contributed by atoms with E-state index in [9.17, 15) is 19.7 Å². The lowest BCUT2D eigenvalue weighted by Crippen LogP contribution is -2.44. The van der Waals surface area contributed by atoms with E-state index < -0.39 is 16.7 Å². The molecule has 1 heterocycles. The van der Waals surface area contributed by atoms with E-state index in [4.69, 9.17) is 12.2 Å². The highest BCUT2D eigenvalue weighted by molar-refractivity contribution is 8.26. The lowest BCUT2D eigenvalue weighted by molar-refractivity contribution is -0.387. The largest absolute Gasteiger partial charge is 0.285 e. The van der Waals surface area contributed by atoms with Crippen molar-refractivity contribution in [2.75, 3.05) is 0 Å². The second-order valence-electron chi connectivity index (χ2n) is 7.22. The van der Waals surface area contributed by atoms with Crippen molar-refractivity contribution in [1.29, 1.82) is 0 Å². The Labute approximate surface area is 209 Å². The van der Waals surface area contributed by atoms with Crippen LogP contribution in [0.1, 0.15) is 21.5 Å². The van der Waals surface area contributed by atoms with Gasteiger partial charge in [0, 0.05) is 16.5 Å². The smallest absolute Gasteiger partial charge is 0.267 e. The molecule has 1 aliphatic rings. The van der Waals surface area contributed by atoms with E-state index in [0.29, 0.717) is 16.0 Å². The Morgan fingerprint density at radius 2 is 1.82 bits per heavy atom. The third-order valence-corrected chi connectivity index (χ3v) is 7.14. The van der Waals surface area contributed by atoms with Gasteiger partial charge in [-0.25, -0.2) is 0 Å². The summed E-state index contributed by atoms with van der Waals surface area (Å²) in [5, 5.41) is 12.7. The van der Waals surface area contributed by atoms with Crippen LogP contribution in [0.5, 0.6) is 0 Å². The predicted octanol–water partition coefficient (Wildman–Crippen LogP) is 5.60. The topological polar surface area (TPSA) is 92.6 Å². The lowest BCUT2D eigenvalue weighted by atomic mass is 10.2. The van der Waals surface area contributed by atoms with Gasteiger partial charge in [0.05, 0.1) is 14.7 Å². The van der Waals surface area contributed by atoms with E-state index in [2.05, 4.69) is 5.43 Å². The minimum absolute atomic E-state index is 0.0628. The van der Waals surface area contributed by atoms with E-state index in [1.165, 1.54) is 23.9 Å². The van der Waals surface area contributed by atoms with Crippen molar-refractivity contribution in [2.24, 2.45) is 0 Å². The highest BCUT2D eigenvalue weighted by Crippen LogP contribution is 2.37. The van der Waals surface area contributed by atoms with E-state index in [1.807, 2.05) is 31.2 Å². The van der Waals surface area contributed by atoms with Gasteiger partial charge in [0.2, 0.25) is 0 Å². The molecule has 4 rings (SSSR count). The normalized spacial score (nSPS) is 14.5. The maximum Gasteiger partial charge on any atom is 0.285 e. The number of hydrazine groups is 1. The van der Waals surface area contributed by atoms with Crippen LogP contribution in [0.4, 0.5) is 5.69 Å². The molecule has 0 radical (unpaired) electrons. The van der Waals surface area contributed by atoms with Crippen LogP contribution >= 0.6 is 35.7 Å². The monoisotopic (exact) mass is 507 g/mol. The first-order chi connectivity index (χ1) is 16.3. The summed E-state index contributed by atoms with van der Waals surface area (Å²) >= 11 is 7.56. The molecule has 1 N–H and O–H groups in total. The van der Waals surface area contributed by atoms with Crippen LogP contribution in [0.2, 0.25) is 0 Å². The first kappa shape index (κ1) is 23.7. The predicted molar refractivity (Wildman–Crippen MR) is 137 cm³/mol. The molecule has 1 fully saturated rings.